The molecule has 0 bridgehead atoms. The highest BCUT2D eigenvalue weighted by Crippen LogP contribution is 2.07. The van der Waals surface area contributed by atoms with Gasteiger partial charge in [-0.1, -0.05) is 0 Å². The zero-order valence-electron chi connectivity index (χ0n) is 4.68. The monoisotopic (exact) mass is 117 g/mol. The van der Waals surface area contributed by atoms with E-state index in [-0.39, 0.29) is 18.6 Å². The van der Waals surface area contributed by atoms with Crippen LogP contribution in [0.4, 0.5) is 4.39 Å². The average molecular weight is 117 g/mol. The molecule has 1 rings (SSSR count). The minimum absolute atomic E-state index is 0.00926. The molecule has 0 aromatic heterocycles. The topological polar surface area (TPSA) is 40.1 Å². The summed E-state index contributed by atoms with van der Waals surface area (Å²) in [5.74, 6) is 0.00926. The summed E-state index contributed by atoms with van der Waals surface area (Å²) in [6.45, 7) is 0.955. The molecule has 47 valence electrons. The number of halogens is 1. The Balaban J connectivity index is 2.30. The molecule has 2 unspecified atom stereocenters. The lowest BCUT2D eigenvalue weighted by Gasteiger charge is -2.06. The Bertz CT molecular complexity index is 76.8. The lowest BCUT2D eigenvalue weighted by Crippen LogP contribution is -2.29. The van der Waals surface area contributed by atoms with Crippen molar-refractivity contribution in [2.24, 2.45) is 11.7 Å². The van der Waals surface area contributed by atoms with Crippen LogP contribution in [0.3, 0.4) is 0 Å². The van der Waals surface area contributed by atoms with Crippen LogP contribution in [0.1, 0.15) is 0 Å². The molecule has 8 heavy (non-hydrogen) atoms. The van der Waals surface area contributed by atoms with E-state index in [4.69, 9.17) is 5.73 Å². The second kappa shape index (κ2) is 2.42. The van der Waals surface area contributed by atoms with E-state index >= 15 is 0 Å². The van der Waals surface area contributed by atoms with Crippen LogP contribution in [0.5, 0.6) is 0 Å². The predicted octanol–water partition coefficient (Wildman–Crippen LogP) is -0.483. The molecule has 2 atom stereocenters. The molecule has 1 saturated heterocycles. The van der Waals surface area contributed by atoms with Crippen LogP contribution in [0.15, 0.2) is 0 Å². The van der Waals surface area contributed by atoms with E-state index in [2.05, 4.69) is 5.32 Å². The Morgan fingerprint density at radius 3 is 2.62 bits per heavy atom. The van der Waals surface area contributed by atoms with Gasteiger partial charge in [0.2, 0.25) is 0 Å². The fourth-order valence-corrected chi connectivity index (χ4v) is 0.837. The minimum Gasteiger partial charge on any atom is -0.326 e. The summed E-state index contributed by atoms with van der Waals surface area (Å²) in [5.41, 5.74) is 5.46. The van der Waals surface area contributed by atoms with Gasteiger partial charge in [0.1, 0.15) is 0 Å². The fraction of sp³-hybridized carbons (Fsp3) is 1.00. The second-order valence-corrected chi connectivity index (χ2v) is 2.17. The molecule has 3 heteroatoms. The van der Waals surface area contributed by atoms with E-state index in [0.29, 0.717) is 13.1 Å². The van der Waals surface area contributed by atoms with Gasteiger partial charge in [0.05, 0.1) is 6.67 Å². The second-order valence-electron chi connectivity index (χ2n) is 2.17. The summed E-state index contributed by atoms with van der Waals surface area (Å²) in [6.07, 6.45) is 0. The quantitative estimate of drug-likeness (QED) is 0.495. The lowest BCUT2D eigenvalue weighted by atomic mass is 10.1. The summed E-state index contributed by atoms with van der Waals surface area (Å²) < 4.78 is 11.8. The molecule has 1 fully saturated rings. The Labute approximate surface area is 48.2 Å². The van der Waals surface area contributed by atoms with Gasteiger partial charge >= 0.3 is 0 Å². The van der Waals surface area contributed by atoms with Crippen LogP contribution in [0.25, 0.3) is 0 Å². The van der Waals surface area contributed by atoms with Gasteiger partial charge in [-0.15, -0.1) is 0 Å². The molecule has 2 N–H and O–H groups in total. The number of alkyl halides is 1. The van der Waals surface area contributed by atoms with Crippen molar-refractivity contribution in [3.63, 3.8) is 0 Å². The molecule has 0 aromatic carbocycles. The minimum atomic E-state index is -0.315. The first-order valence-corrected chi connectivity index (χ1v) is 2.79. The molecule has 0 aromatic rings. The normalized spacial score (nSPS) is 38.2. The first-order valence-electron chi connectivity index (χ1n) is 2.79. The van der Waals surface area contributed by atoms with E-state index in [9.17, 15) is 4.39 Å². The van der Waals surface area contributed by atoms with Crippen LogP contribution >= 0.6 is 0 Å². The number of nitrogens with zero attached hydrogens (tertiary/aromatic N) is 1. The Morgan fingerprint density at radius 1 is 1.62 bits per heavy atom. The van der Waals surface area contributed by atoms with Crippen LogP contribution in [0, 0.1) is 5.92 Å². The summed E-state index contributed by atoms with van der Waals surface area (Å²) in [5, 5.41) is 3.95. The largest absolute Gasteiger partial charge is 0.326 e. The van der Waals surface area contributed by atoms with Gasteiger partial charge < -0.3 is 5.73 Å². The van der Waals surface area contributed by atoms with Crippen LogP contribution < -0.4 is 11.1 Å². The third-order valence-electron chi connectivity index (χ3n) is 1.51. The zero-order chi connectivity index (χ0) is 5.98. The summed E-state index contributed by atoms with van der Waals surface area (Å²) in [7, 11) is 0. The van der Waals surface area contributed by atoms with E-state index < -0.39 is 0 Å². The molecule has 0 amide bonds. The van der Waals surface area contributed by atoms with Gasteiger partial charge in [-0.25, -0.2) is 5.32 Å². The maximum Gasteiger partial charge on any atom is 0.0950 e. The van der Waals surface area contributed by atoms with Crippen LogP contribution in [-0.4, -0.2) is 25.8 Å². The van der Waals surface area contributed by atoms with E-state index in [0.717, 1.165) is 0 Å². The van der Waals surface area contributed by atoms with Gasteiger partial charge in [0.25, 0.3) is 0 Å². The van der Waals surface area contributed by atoms with Gasteiger partial charge in [0, 0.05) is 25.0 Å². The van der Waals surface area contributed by atoms with Gasteiger partial charge in [-0.3, -0.25) is 4.39 Å². The number of rotatable bonds is 1. The van der Waals surface area contributed by atoms with Gasteiger partial charge in [-0.05, 0) is 0 Å². The zero-order valence-corrected chi connectivity index (χ0v) is 4.68. The summed E-state index contributed by atoms with van der Waals surface area (Å²) in [6, 6.07) is -0.0139. The first-order chi connectivity index (χ1) is 3.84. The number of nitrogens with two attached hydrogens (primary N) is 1. The van der Waals surface area contributed by atoms with Crippen molar-refractivity contribution in [1.29, 1.82) is 0 Å². The van der Waals surface area contributed by atoms with Crippen molar-refractivity contribution >= 4 is 0 Å². The van der Waals surface area contributed by atoms with Gasteiger partial charge in [0.15, 0.2) is 0 Å². The molecule has 0 spiro atoms. The Kier molecular flexibility index (Phi) is 1.81. The van der Waals surface area contributed by atoms with Gasteiger partial charge in [-0.2, -0.15) is 0 Å². The predicted molar refractivity (Wildman–Crippen MR) is 29.3 cm³/mol. The summed E-state index contributed by atoms with van der Waals surface area (Å²) >= 11 is 0. The highest BCUT2D eigenvalue weighted by atomic mass is 19.1. The molecular formula is C5H10FN2. The van der Waals surface area contributed by atoms with Crippen molar-refractivity contribution in [1.82, 2.24) is 5.32 Å². The van der Waals surface area contributed by atoms with Crippen LogP contribution in [-0.2, 0) is 0 Å². The average Bonchev–Trinajstić information content (AvgIpc) is 2.14. The fourth-order valence-electron chi connectivity index (χ4n) is 0.837. The standard InChI is InChI=1S/C5H10FN2/c6-1-4-2-8-3-5(4)7/h4-5H,1-3,7H2. The number of hydrogen-bond acceptors (Lipinski definition) is 1. The van der Waals surface area contributed by atoms with E-state index in [1.165, 1.54) is 0 Å². The SMILES string of the molecule is NC1C[N]CC1CF. The van der Waals surface area contributed by atoms with E-state index in [1.807, 2.05) is 0 Å². The Morgan fingerprint density at radius 2 is 2.38 bits per heavy atom. The van der Waals surface area contributed by atoms with Crippen molar-refractivity contribution in [3.8, 4) is 0 Å². The third-order valence-corrected chi connectivity index (χ3v) is 1.51. The third kappa shape index (κ3) is 0.980. The van der Waals surface area contributed by atoms with Crippen molar-refractivity contribution in [2.75, 3.05) is 19.8 Å². The van der Waals surface area contributed by atoms with Crippen molar-refractivity contribution in [3.05, 3.63) is 0 Å². The maximum absolute atomic E-state index is 11.8. The van der Waals surface area contributed by atoms with Crippen molar-refractivity contribution < 1.29 is 4.39 Å². The van der Waals surface area contributed by atoms with Crippen molar-refractivity contribution in [2.45, 2.75) is 6.04 Å². The highest BCUT2D eigenvalue weighted by molar-refractivity contribution is 4.82. The first kappa shape index (κ1) is 5.98. The lowest BCUT2D eigenvalue weighted by molar-refractivity contribution is 0.358. The van der Waals surface area contributed by atoms with E-state index in [1.54, 1.807) is 0 Å². The van der Waals surface area contributed by atoms with Crippen LogP contribution in [0.2, 0.25) is 0 Å². The molecule has 1 heterocycles. The summed E-state index contributed by atoms with van der Waals surface area (Å²) in [4.78, 5) is 0. The molecule has 2 nitrogen and oxygen atoms in total. The molecule has 1 aliphatic heterocycles. The molecule has 0 aliphatic carbocycles. The molecular weight excluding hydrogens is 107 g/mol. The molecule has 1 aliphatic rings. The highest BCUT2D eigenvalue weighted by Gasteiger charge is 2.23. The molecule has 1 radical (unpaired) electrons. The number of hydrogen-bond donors (Lipinski definition) is 1. The molecule has 0 saturated carbocycles. The maximum atomic E-state index is 11.8. The smallest absolute Gasteiger partial charge is 0.0950 e. The Hall–Kier alpha value is -0.150.